The Hall–Kier alpha value is -0.890. The fourth-order valence-electron chi connectivity index (χ4n) is 1.75. The molecule has 0 aliphatic heterocycles. The highest BCUT2D eigenvalue weighted by Crippen LogP contribution is 2.46. The lowest BCUT2D eigenvalue weighted by Gasteiger charge is -2.14. The van der Waals surface area contributed by atoms with Crippen molar-refractivity contribution < 1.29 is 14.6 Å². The Bertz CT molecular complexity index is 414. The van der Waals surface area contributed by atoms with Crippen LogP contribution >= 0.6 is 7.37 Å². The minimum absolute atomic E-state index is 0.172. The molecular formula is C14H21O3P. The molecule has 0 fully saturated rings. The van der Waals surface area contributed by atoms with E-state index in [2.05, 4.69) is 0 Å². The Morgan fingerprint density at radius 1 is 1.28 bits per heavy atom. The van der Waals surface area contributed by atoms with Gasteiger partial charge in [-0.05, 0) is 31.7 Å². The Morgan fingerprint density at radius 3 is 2.56 bits per heavy atom. The van der Waals surface area contributed by atoms with Crippen LogP contribution in [-0.4, -0.2) is 22.0 Å². The molecule has 2 unspecified atom stereocenters. The lowest BCUT2D eigenvalue weighted by Crippen LogP contribution is -2.06. The van der Waals surface area contributed by atoms with Crippen LogP contribution in [0.2, 0.25) is 0 Å². The SMILES string of the molecule is C/C=C/C(O)P(=O)(O)CCCCc1ccccc1. The number of allylic oxidation sites excluding steroid dienone is 1. The van der Waals surface area contributed by atoms with Gasteiger partial charge in [-0.15, -0.1) is 0 Å². The lowest BCUT2D eigenvalue weighted by molar-refractivity contribution is 0.272. The van der Waals surface area contributed by atoms with Crippen LogP contribution in [-0.2, 0) is 11.0 Å². The van der Waals surface area contributed by atoms with Gasteiger partial charge in [-0.25, -0.2) is 0 Å². The highest BCUT2D eigenvalue weighted by atomic mass is 31.2. The quantitative estimate of drug-likeness (QED) is 0.453. The highest BCUT2D eigenvalue weighted by molar-refractivity contribution is 7.58. The van der Waals surface area contributed by atoms with E-state index in [4.69, 9.17) is 0 Å². The van der Waals surface area contributed by atoms with E-state index in [1.807, 2.05) is 30.3 Å². The van der Waals surface area contributed by atoms with Crippen LogP contribution < -0.4 is 0 Å². The summed E-state index contributed by atoms with van der Waals surface area (Å²) in [4.78, 5) is 9.67. The van der Waals surface area contributed by atoms with Crippen molar-refractivity contribution in [2.75, 3.05) is 6.16 Å². The molecule has 3 nitrogen and oxygen atoms in total. The van der Waals surface area contributed by atoms with Gasteiger partial charge in [0.15, 0.2) is 0 Å². The van der Waals surface area contributed by atoms with Gasteiger partial charge in [0.2, 0.25) is 7.37 Å². The summed E-state index contributed by atoms with van der Waals surface area (Å²) in [5.74, 6) is -1.22. The van der Waals surface area contributed by atoms with E-state index in [1.54, 1.807) is 13.0 Å². The van der Waals surface area contributed by atoms with Crippen molar-refractivity contribution in [2.45, 2.75) is 32.0 Å². The Labute approximate surface area is 109 Å². The van der Waals surface area contributed by atoms with Crippen LogP contribution in [0.25, 0.3) is 0 Å². The Balaban J connectivity index is 2.31. The van der Waals surface area contributed by atoms with E-state index in [9.17, 15) is 14.6 Å². The van der Waals surface area contributed by atoms with Gasteiger partial charge >= 0.3 is 0 Å². The zero-order valence-corrected chi connectivity index (χ0v) is 11.6. The van der Waals surface area contributed by atoms with Crippen molar-refractivity contribution >= 4 is 7.37 Å². The third-order valence-corrected chi connectivity index (χ3v) is 4.77. The number of hydrogen-bond acceptors (Lipinski definition) is 2. The monoisotopic (exact) mass is 268 g/mol. The van der Waals surface area contributed by atoms with Crippen LogP contribution in [0.1, 0.15) is 25.3 Å². The summed E-state index contributed by atoms with van der Waals surface area (Å²) in [6.07, 6.45) is 5.55. The van der Waals surface area contributed by atoms with Crippen LogP contribution in [0.3, 0.4) is 0 Å². The number of hydrogen-bond donors (Lipinski definition) is 2. The molecule has 2 atom stereocenters. The molecule has 0 saturated heterocycles. The smallest absolute Gasteiger partial charge is 0.232 e. The summed E-state index contributed by atoms with van der Waals surface area (Å²) in [6, 6.07) is 10.0. The third kappa shape index (κ3) is 5.18. The van der Waals surface area contributed by atoms with E-state index in [-0.39, 0.29) is 6.16 Å². The zero-order valence-electron chi connectivity index (χ0n) is 10.7. The minimum atomic E-state index is -3.45. The van der Waals surface area contributed by atoms with Gasteiger partial charge in [0, 0.05) is 6.16 Å². The van der Waals surface area contributed by atoms with Crippen molar-refractivity contribution in [1.29, 1.82) is 0 Å². The summed E-state index contributed by atoms with van der Waals surface area (Å²) < 4.78 is 11.8. The van der Waals surface area contributed by atoms with E-state index >= 15 is 0 Å². The maximum atomic E-state index is 11.8. The second-order valence-corrected chi connectivity index (χ2v) is 6.85. The van der Waals surface area contributed by atoms with E-state index < -0.39 is 13.2 Å². The molecule has 1 aromatic carbocycles. The molecule has 0 bridgehead atoms. The first-order valence-electron chi connectivity index (χ1n) is 6.22. The summed E-state index contributed by atoms with van der Waals surface area (Å²) in [5.41, 5.74) is 1.24. The summed E-state index contributed by atoms with van der Waals surface area (Å²) >= 11 is 0. The Kier molecular flexibility index (Phi) is 6.34. The average Bonchev–Trinajstić information content (AvgIpc) is 2.36. The molecule has 1 rings (SSSR count). The topological polar surface area (TPSA) is 57.5 Å². The maximum Gasteiger partial charge on any atom is 0.232 e. The summed E-state index contributed by atoms with van der Waals surface area (Å²) in [6.45, 7) is 1.72. The second kappa shape index (κ2) is 7.52. The Morgan fingerprint density at radius 2 is 1.94 bits per heavy atom. The largest absolute Gasteiger partial charge is 0.379 e. The van der Waals surface area contributed by atoms with Crippen molar-refractivity contribution in [1.82, 2.24) is 0 Å². The second-order valence-electron chi connectivity index (χ2n) is 4.36. The number of unbranched alkanes of at least 4 members (excludes halogenated alkanes) is 1. The summed E-state index contributed by atoms with van der Waals surface area (Å²) in [5, 5.41) is 9.49. The fourth-order valence-corrected chi connectivity index (χ4v) is 3.13. The van der Waals surface area contributed by atoms with E-state index in [0.29, 0.717) is 6.42 Å². The predicted octanol–water partition coefficient (Wildman–Crippen LogP) is 3.17. The average molecular weight is 268 g/mol. The molecule has 1 aromatic rings. The number of aliphatic hydroxyl groups excluding tert-OH is 1. The van der Waals surface area contributed by atoms with Gasteiger partial charge in [0.1, 0.15) is 5.85 Å². The number of aryl methyl sites for hydroxylation is 1. The molecule has 0 amide bonds. The molecule has 0 heterocycles. The standard InChI is InChI=1S/C14H21O3P/c1-2-8-14(15)18(16,17)12-7-6-11-13-9-4-3-5-10-13/h2-5,8-10,14-15H,6-7,11-12H2,1H3,(H,16,17)/b8-2+. The molecule has 0 aliphatic rings. The van der Waals surface area contributed by atoms with Gasteiger partial charge in [-0.1, -0.05) is 42.5 Å². The molecule has 4 heteroatoms. The summed E-state index contributed by atoms with van der Waals surface area (Å²) in [7, 11) is -3.45. The number of benzene rings is 1. The fraction of sp³-hybridized carbons (Fsp3) is 0.429. The molecule has 0 radical (unpaired) electrons. The van der Waals surface area contributed by atoms with Crippen LogP contribution in [0, 0.1) is 0 Å². The minimum Gasteiger partial charge on any atom is -0.379 e. The van der Waals surface area contributed by atoms with Crippen LogP contribution in [0.15, 0.2) is 42.5 Å². The third-order valence-electron chi connectivity index (χ3n) is 2.81. The van der Waals surface area contributed by atoms with Crippen molar-refractivity contribution in [2.24, 2.45) is 0 Å². The molecule has 0 aromatic heterocycles. The first kappa shape index (κ1) is 15.2. The maximum absolute atomic E-state index is 11.8. The molecular weight excluding hydrogens is 247 g/mol. The number of aliphatic hydroxyl groups is 1. The van der Waals surface area contributed by atoms with E-state index in [0.717, 1.165) is 12.8 Å². The molecule has 0 saturated carbocycles. The van der Waals surface area contributed by atoms with Gasteiger partial charge in [0.25, 0.3) is 0 Å². The molecule has 0 spiro atoms. The van der Waals surface area contributed by atoms with Crippen molar-refractivity contribution in [3.8, 4) is 0 Å². The predicted molar refractivity (Wildman–Crippen MR) is 74.9 cm³/mol. The molecule has 100 valence electrons. The van der Waals surface area contributed by atoms with Gasteiger partial charge in [0.05, 0.1) is 0 Å². The highest BCUT2D eigenvalue weighted by Gasteiger charge is 2.25. The van der Waals surface area contributed by atoms with Crippen LogP contribution in [0.4, 0.5) is 0 Å². The lowest BCUT2D eigenvalue weighted by atomic mass is 10.1. The van der Waals surface area contributed by atoms with E-state index in [1.165, 1.54) is 11.6 Å². The first-order valence-corrected chi connectivity index (χ1v) is 8.14. The van der Waals surface area contributed by atoms with Crippen LogP contribution in [0.5, 0.6) is 0 Å². The molecule has 18 heavy (non-hydrogen) atoms. The van der Waals surface area contributed by atoms with Gasteiger partial charge in [-0.3, -0.25) is 4.57 Å². The van der Waals surface area contributed by atoms with Crippen molar-refractivity contribution in [3.63, 3.8) is 0 Å². The number of rotatable bonds is 7. The first-order chi connectivity index (χ1) is 8.56. The van der Waals surface area contributed by atoms with Gasteiger partial charge < -0.3 is 10.00 Å². The molecule has 2 N–H and O–H groups in total. The van der Waals surface area contributed by atoms with Gasteiger partial charge in [-0.2, -0.15) is 0 Å². The zero-order chi connectivity index (χ0) is 13.4. The normalized spacial score (nSPS) is 16.6. The molecule has 0 aliphatic carbocycles. The van der Waals surface area contributed by atoms with Crippen molar-refractivity contribution in [3.05, 3.63) is 48.0 Å².